The zero-order chi connectivity index (χ0) is 11.3. The maximum atomic E-state index is 10.5. The van der Waals surface area contributed by atoms with Crippen LogP contribution in [0.3, 0.4) is 0 Å². The van der Waals surface area contributed by atoms with E-state index in [9.17, 15) is 9.59 Å². The standard InChI is InChI=1S/C9H10O4S2/c10-8(11)3-7(4-9(12)13)15-6-1-2-14-5-6/h1-2,5,7H,3-4H2,(H,10,11)(H,12,13). The molecule has 0 aromatic carbocycles. The number of carboxylic acids is 2. The normalized spacial score (nSPS) is 10.5. The summed E-state index contributed by atoms with van der Waals surface area (Å²) >= 11 is 2.80. The zero-order valence-electron chi connectivity index (χ0n) is 7.75. The van der Waals surface area contributed by atoms with Crippen LogP contribution in [0.5, 0.6) is 0 Å². The first-order valence-corrected chi connectivity index (χ1v) is 6.02. The van der Waals surface area contributed by atoms with Gasteiger partial charge in [-0.05, 0) is 11.4 Å². The fourth-order valence-electron chi connectivity index (χ4n) is 1.06. The molecule has 1 aromatic rings. The van der Waals surface area contributed by atoms with E-state index in [1.165, 1.54) is 23.1 Å². The predicted octanol–water partition coefficient (Wildman–Crippen LogP) is 2.16. The van der Waals surface area contributed by atoms with E-state index in [1.54, 1.807) is 0 Å². The lowest BCUT2D eigenvalue weighted by atomic mass is 10.2. The molecule has 0 atom stereocenters. The molecule has 82 valence electrons. The summed E-state index contributed by atoms with van der Waals surface area (Å²) in [6.45, 7) is 0. The van der Waals surface area contributed by atoms with Gasteiger partial charge in [0.15, 0.2) is 0 Å². The average molecular weight is 246 g/mol. The number of carboxylic acid groups (broad SMARTS) is 2. The minimum atomic E-state index is -0.969. The number of carbonyl (C=O) groups is 2. The molecule has 0 aliphatic rings. The first-order valence-electron chi connectivity index (χ1n) is 4.20. The molecular formula is C9H10O4S2. The Morgan fingerprint density at radius 2 is 1.93 bits per heavy atom. The van der Waals surface area contributed by atoms with Crippen LogP contribution >= 0.6 is 23.1 Å². The average Bonchev–Trinajstić information content (AvgIpc) is 2.53. The van der Waals surface area contributed by atoms with Crippen molar-refractivity contribution >= 4 is 35.0 Å². The molecule has 0 radical (unpaired) electrons. The van der Waals surface area contributed by atoms with Gasteiger partial charge in [0.05, 0.1) is 12.8 Å². The first-order chi connectivity index (χ1) is 7.08. The summed E-state index contributed by atoms with van der Waals surface area (Å²) in [6, 6.07) is 1.85. The zero-order valence-corrected chi connectivity index (χ0v) is 9.38. The Labute approximate surface area is 94.9 Å². The molecule has 6 heteroatoms. The van der Waals surface area contributed by atoms with Crippen LogP contribution in [0.1, 0.15) is 12.8 Å². The van der Waals surface area contributed by atoms with Gasteiger partial charge < -0.3 is 10.2 Å². The van der Waals surface area contributed by atoms with Gasteiger partial charge in [0.2, 0.25) is 0 Å². The maximum Gasteiger partial charge on any atom is 0.304 e. The minimum Gasteiger partial charge on any atom is -0.481 e. The lowest BCUT2D eigenvalue weighted by molar-refractivity contribution is -0.138. The Kier molecular flexibility index (Phi) is 4.64. The van der Waals surface area contributed by atoms with Crippen LogP contribution in [0.4, 0.5) is 0 Å². The van der Waals surface area contributed by atoms with E-state index in [0.29, 0.717) is 0 Å². The summed E-state index contributed by atoms with van der Waals surface area (Å²) in [5, 5.41) is 20.6. The summed E-state index contributed by atoms with van der Waals surface area (Å²) in [4.78, 5) is 22.0. The highest BCUT2D eigenvalue weighted by molar-refractivity contribution is 8.00. The fraction of sp³-hybridized carbons (Fsp3) is 0.333. The number of thioether (sulfide) groups is 1. The van der Waals surface area contributed by atoms with E-state index in [-0.39, 0.29) is 12.8 Å². The molecule has 1 aromatic heterocycles. The first kappa shape index (κ1) is 12.1. The van der Waals surface area contributed by atoms with Crippen LogP contribution in [-0.2, 0) is 9.59 Å². The van der Waals surface area contributed by atoms with Gasteiger partial charge in [-0.1, -0.05) is 0 Å². The van der Waals surface area contributed by atoms with Crippen molar-refractivity contribution in [3.05, 3.63) is 16.8 Å². The number of hydrogen-bond donors (Lipinski definition) is 2. The van der Waals surface area contributed by atoms with Gasteiger partial charge in [-0.3, -0.25) is 9.59 Å². The van der Waals surface area contributed by atoms with Crippen molar-refractivity contribution in [2.24, 2.45) is 0 Å². The Bertz CT molecular complexity index is 318. The smallest absolute Gasteiger partial charge is 0.304 e. The molecule has 0 bridgehead atoms. The van der Waals surface area contributed by atoms with Crippen molar-refractivity contribution < 1.29 is 19.8 Å². The molecule has 4 nitrogen and oxygen atoms in total. The molecule has 0 amide bonds. The van der Waals surface area contributed by atoms with E-state index >= 15 is 0 Å². The highest BCUT2D eigenvalue weighted by Gasteiger charge is 2.18. The summed E-state index contributed by atoms with van der Waals surface area (Å²) in [6.07, 6.45) is -0.264. The molecule has 0 saturated carbocycles. The third-order valence-electron chi connectivity index (χ3n) is 1.60. The van der Waals surface area contributed by atoms with Crippen molar-refractivity contribution in [3.8, 4) is 0 Å². The minimum absolute atomic E-state index is 0.132. The fourth-order valence-corrected chi connectivity index (χ4v) is 3.03. The van der Waals surface area contributed by atoms with Crippen LogP contribution in [0, 0.1) is 0 Å². The molecular weight excluding hydrogens is 236 g/mol. The topological polar surface area (TPSA) is 74.6 Å². The molecule has 15 heavy (non-hydrogen) atoms. The van der Waals surface area contributed by atoms with Gasteiger partial charge in [-0.15, -0.1) is 11.8 Å². The number of aliphatic carboxylic acids is 2. The van der Waals surface area contributed by atoms with Crippen molar-refractivity contribution in [1.29, 1.82) is 0 Å². The van der Waals surface area contributed by atoms with Crippen molar-refractivity contribution in [3.63, 3.8) is 0 Å². The number of rotatable bonds is 6. The van der Waals surface area contributed by atoms with Crippen LogP contribution in [0.15, 0.2) is 21.7 Å². The van der Waals surface area contributed by atoms with E-state index in [4.69, 9.17) is 10.2 Å². The third-order valence-corrected chi connectivity index (χ3v) is 3.63. The maximum absolute atomic E-state index is 10.5. The SMILES string of the molecule is O=C(O)CC(CC(=O)O)Sc1ccsc1. The van der Waals surface area contributed by atoms with Crippen molar-refractivity contribution in [2.75, 3.05) is 0 Å². The van der Waals surface area contributed by atoms with Gasteiger partial charge in [-0.25, -0.2) is 0 Å². The van der Waals surface area contributed by atoms with Gasteiger partial charge in [0.25, 0.3) is 0 Å². The highest BCUT2D eigenvalue weighted by atomic mass is 32.2. The molecule has 0 aliphatic carbocycles. The second kappa shape index (κ2) is 5.77. The Hall–Kier alpha value is -1.01. The molecule has 0 fully saturated rings. The molecule has 0 saturated heterocycles. The largest absolute Gasteiger partial charge is 0.481 e. The highest BCUT2D eigenvalue weighted by Crippen LogP contribution is 2.29. The Morgan fingerprint density at radius 1 is 1.33 bits per heavy atom. The lowest BCUT2D eigenvalue weighted by Gasteiger charge is -2.10. The van der Waals surface area contributed by atoms with Crippen LogP contribution < -0.4 is 0 Å². The van der Waals surface area contributed by atoms with E-state index in [0.717, 1.165) is 4.90 Å². The monoisotopic (exact) mass is 246 g/mol. The molecule has 1 rings (SSSR count). The number of hydrogen-bond acceptors (Lipinski definition) is 4. The van der Waals surface area contributed by atoms with Crippen LogP contribution in [0.25, 0.3) is 0 Å². The summed E-state index contributed by atoms with van der Waals surface area (Å²) in [7, 11) is 0. The molecule has 0 unspecified atom stereocenters. The van der Waals surface area contributed by atoms with Gasteiger partial charge >= 0.3 is 11.9 Å². The van der Waals surface area contributed by atoms with Gasteiger partial charge in [0, 0.05) is 15.5 Å². The second-order valence-electron chi connectivity index (χ2n) is 2.89. The van der Waals surface area contributed by atoms with Gasteiger partial charge in [-0.2, -0.15) is 11.3 Å². The Balaban J connectivity index is 2.55. The third kappa shape index (κ3) is 4.85. The summed E-state index contributed by atoms with van der Waals surface area (Å²) < 4.78 is 0. The quantitative estimate of drug-likeness (QED) is 0.752. The van der Waals surface area contributed by atoms with Crippen LogP contribution in [0.2, 0.25) is 0 Å². The number of thiophene rings is 1. The van der Waals surface area contributed by atoms with E-state index < -0.39 is 17.2 Å². The van der Waals surface area contributed by atoms with Gasteiger partial charge in [0.1, 0.15) is 0 Å². The molecule has 0 spiro atoms. The Morgan fingerprint density at radius 3 is 2.33 bits per heavy atom. The van der Waals surface area contributed by atoms with Crippen molar-refractivity contribution in [2.45, 2.75) is 23.0 Å². The second-order valence-corrected chi connectivity index (χ2v) is 5.05. The van der Waals surface area contributed by atoms with E-state index in [1.807, 2.05) is 16.8 Å². The predicted molar refractivity (Wildman–Crippen MR) is 58.5 cm³/mol. The molecule has 2 N–H and O–H groups in total. The summed E-state index contributed by atoms with van der Waals surface area (Å²) in [5.41, 5.74) is 0. The van der Waals surface area contributed by atoms with E-state index in [2.05, 4.69) is 0 Å². The summed E-state index contributed by atoms with van der Waals surface area (Å²) in [5.74, 6) is -1.94. The molecule has 1 heterocycles. The molecule has 0 aliphatic heterocycles. The lowest BCUT2D eigenvalue weighted by Crippen LogP contribution is -2.14. The van der Waals surface area contributed by atoms with Crippen molar-refractivity contribution in [1.82, 2.24) is 0 Å². The van der Waals surface area contributed by atoms with Crippen LogP contribution in [-0.4, -0.2) is 27.4 Å².